The maximum absolute atomic E-state index is 5.98. The third-order valence-electron chi connectivity index (χ3n) is 3.75. The molecule has 0 amide bonds. The van der Waals surface area contributed by atoms with E-state index in [4.69, 9.17) is 5.73 Å². The van der Waals surface area contributed by atoms with Gasteiger partial charge in [0, 0.05) is 11.7 Å². The highest BCUT2D eigenvalue weighted by molar-refractivity contribution is 5.61. The highest BCUT2D eigenvalue weighted by atomic mass is 15.0. The average Bonchev–Trinajstić information content (AvgIpc) is 2.43. The van der Waals surface area contributed by atoms with E-state index >= 15 is 0 Å². The van der Waals surface area contributed by atoms with Gasteiger partial charge in [-0.15, -0.1) is 0 Å². The largest absolute Gasteiger partial charge is 0.396 e. The van der Waals surface area contributed by atoms with Gasteiger partial charge in [0.2, 0.25) is 0 Å². The summed E-state index contributed by atoms with van der Waals surface area (Å²) in [4.78, 5) is 4.49. The van der Waals surface area contributed by atoms with E-state index in [1.54, 1.807) is 0 Å². The molecule has 1 heterocycles. The molecule has 0 saturated heterocycles. The van der Waals surface area contributed by atoms with Gasteiger partial charge in [-0.2, -0.15) is 0 Å². The average molecular weight is 253 g/mol. The Balaban J connectivity index is 1.77. The minimum absolute atomic E-state index is 0.423. The van der Waals surface area contributed by atoms with Gasteiger partial charge in [0.05, 0.1) is 5.69 Å². The predicted octanol–water partition coefficient (Wildman–Crippen LogP) is 2.94. The molecular weight excluding hydrogens is 234 g/mol. The maximum Gasteiger partial charge on any atom is 0.149 e. The Hall–Kier alpha value is -2.03. The highest BCUT2D eigenvalue weighted by Crippen LogP contribution is 2.25. The van der Waals surface area contributed by atoms with Crippen molar-refractivity contribution in [2.45, 2.75) is 32.2 Å². The van der Waals surface area contributed by atoms with Crippen LogP contribution in [0, 0.1) is 6.92 Å². The summed E-state index contributed by atoms with van der Waals surface area (Å²) in [6, 6.07) is 13.0. The molecule has 1 atom stereocenters. The van der Waals surface area contributed by atoms with E-state index in [9.17, 15) is 0 Å². The summed E-state index contributed by atoms with van der Waals surface area (Å²) in [5.41, 5.74) is 10.6. The number of benzene rings is 1. The number of nitrogens with one attached hydrogen (secondary N) is 1. The number of nitrogens with zero attached hydrogens (tertiary/aromatic N) is 1. The molecule has 0 spiro atoms. The molecule has 1 aliphatic carbocycles. The Kier molecular flexibility index (Phi) is 3.11. The summed E-state index contributed by atoms with van der Waals surface area (Å²) in [6.45, 7) is 1.99. The summed E-state index contributed by atoms with van der Waals surface area (Å²) in [7, 11) is 0. The van der Waals surface area contributed by atoms with Gasteiger partial charge in [-0.3, -0.25) is 0 Å². The lowest BCUT2D eigenvalue weighted by atomic mass is 9.88. The van der Waals surface area contributed by atoms with E-state index in [0.29, 0.717) is 6.04 Å². The molecule has 0 fully saturated rings. The summed E-state index contributed by atoms with van der Waals surface area (Å²) < 4.78 is 0. The fourth-order valence-electron chi connectivity index (χ4n) is 2.70. The zero-order chi connectivity index (χ0) is 13.2. The normalized spacial score (nSPS) is 17.8. The first-order chi connectivity index (χ1) is 9.22. The number of hydrogen-bond acceptors (Lipinski definition) is 3. The van der Waals surface area contributed by atoms with E-state index in [2.05, 4.69) is 34.6 Å². The summed E-state index contributed by atoms with van der Waals surface area (Å²) >= 11 is 0. The van der Waals surface area contributed by atoms with E-state index < -0.39 is 0 Å². The molecule has 1 aromatic heterocycles. The lowest BCUT2D eigenvalue weighted by Gasteiger charge is -2.26. The monoisotopic (exact) mass is 253 g/mol. The van der Waals surface area contributed by atoms with E-state index in [-0.39, 0.29) is 0 Å². The van der Waals surface area contributed by atoms with Gasteiger partial charge in [0.1, 0.15) is 5.82 Å². The lowest BCUT2D eigenvalue weighted by molar-refractivity contribution is 0.609. The fraction of sp³-hybridized carbons (Fsp3) is 0.312. The fourth-order valence-corrected chi connectivity index (χ4v) is 2.70. The number of fused-ring (bicyclic) bond motifs is 1. The van der Waals surface area contributed by atoms with Crippen LogP contribution in [0.1, 0.15) is 23.2 Å². The van der Waals surface area contributed by atoms with Crippen LogP contribution in [0.25, 0.3) is 0 Å². The number of anilines is 2. The Labute approximate surface area is 113 Å². The minimum Gasteiger partial charge on any atom is -0.396 e. The van der Waals surface area contributed by atoms with Gasteiger partial charge in [0.25, 0.3) is 0 Å². The first-order valence-electron chi connectivity index (χ1n) is 6.79. The van der Waals surface area contributed by atoms with Gasteiger partial charge >= 0.3 is 0 Å². The Morgan fingerprint density at radius 3 is 2.79 bits per heavy atom. The molecule has 1 aliphatic rings. The number of rotatable bonds is 2. The van der Waals surface area contributed by atoms with Crippen molar-refractivity contribution in [2.24, 2.45) is 0 Å². The standard InChI is InChI=1S/C16H19N3/c1-11-6-9-15(17)16(18-11)19-14-8-7-12-4-2-3-5-13(12)10-14/h2-6,9,14H,7-8,10,17H2,1H3,(H,18,19). The van der Waals surface area contributed by atoms with Gasteiger partial charge in [-0.05, 0) is 49.4 Å². The van der Waals surface area contributed by atoms with Gasteiger partial charge in [-0.25, -0.2) is 4.98 Å². The first kappa shape index (κ1) is 12.0. The zero-order valence-corrected chi connectivity index (χ0v) is 11.2. The molecule has 1 aromatic carbocycles. The highest BCUT2D eigenvalue weighted by Gasteiger charge is 2.18. The molecule has 3 rings (SSSR count). The molecule has 19 heavy (non-hydrogen) atoms. The molecule has 0 aliphatic heterocycles. The number of aryl methyl sites for hydroxylation is 2. The molecule has 98 valence electrons. The summed E-state index contributed by atoms with van der Waals surface area (Å²) in [6.07, 6.45) is 3.30. The number of hydrogen-bond donors (Lipinski definition) is 2. The molecule has 0 saturated carbocycles. The molecule has 3 N–H and O–H groups in total. The molecule has 3 heteroatoms. The second-order valence-corrected chi connectivity index (χ2v) is 5.24. The summed E-state index contributed by atoms with van der Waals surface area (Å²) in [5, 5.41) is 3.49. The van der Waals surface area contributed by atoms with Crippen LogP contribution in [0.2, 0.25) is 0 Å². The second kappa shape index (κ2) is 4.92. The topological polar surface area (TPSA) is 50.9 Å². The van der Waals surface area contributed by atoms with Crippen LogP contribution in [-0.2, 0) is 12.8 Å². The number of nitrogens with two attached hydrogens (primary N) is 1. The lowest BCUT2D eigenvalue weighted by Crippen LogP contribution is -2.28. The van der Waals surface area contributed by atoms with E-state index in [1.165, 1.54) is 11.1 Å². The Morgan fingerprint density at radius 1 is 1.16 bits per heavy atom. The van der Waals surface area contributed by atoms with Crippen LogP contribution in [0.5, 0.6) is 0 Å². The van der Waals surface area contributed by atoms with Crippen molar-refractivity contribution in [2.75, 3.05) is 11.1 Å². The van der Waals surface area contributed by atoms with Crippen LogP contribution >= 0.6 is 0 Å². The van der Waals surface area contributed by atoms with Crippen LogP contribution in [0.4, 0.5) is 11.5 Å². The molecule has 0 bridgehead atoms. The van der Waals surface area contributed by atoms with Crippen LogP contribution in [-0.4, -0.2) is 11.0 Å². The molecule has 0 radical (unpaired) electrons. The molecule has 2 aromatic rings. The van der Waals surface area contributed by atoms with Gasteiger partial charge in [0.15, 0.2) is 0 Å². The van der Waals surface area contributed by atoms with Crippen molar-refractivity contribution in [3.63, 3.8) is 0 Å². The third-order valence-corrected chi connectivity index (χ3v) is 3.75. The quantitative estimate of drug-likeness (QED) is 0.865. The smallest absolute Gasteiger partial charge is 0.149 e. The van der Waals surface area contributed by atoms with Crippen molar-refractivity contribution in [1.29, 1.82) is 0 Å². The van der Waals surface area contributed by atoms with E-state index in [1.807, 2.05) is 19.1 Å². The van der Waals surface area contributed by atoms with Crippen molar-refractivity contribution in [1.82, 2.24) is 4.98 Å². The SMILES string of the molecule is Cc1ccc(N)c(NC2CCc3ccccc3C2)n1. The zero-order valence-electron chi connectivity index (χ0n) is 11.2. The Morgan fingerprint density at radius 2 is 1.95 bits per heavy atom. The molecule has 3 nitrogen and oxygen atoms in total. The third kappa shape index (κ3) is 2.55. The first-order valence-corrected chi connectivity index (χ1v) is 6.79. The van der Waals surface area contributed by atoms with Gasteiger partial charge in [-0.1, -0.05) is 24.3 Å². The second-order valence-electron chi connectivity index (χ2n) is 5.24. The number of pyridine rings is 1. The molecule has 1 unspecified atom stereocenters. The summed E-state index contributed by atoms with van der Waals surface area (Å²) in [5.74, 6) is 0.824. The van der Waals surface area contributed by atoms with E-state index in [0.717, 1.165) is 36.5 Å². The maximum atomic E-state index is 5.98. The van der Waals surface area contributed by atoms with Crippen molar-refractivity contribution in [3.05, 3.63) is 53.2 Å². The van der Waals surface area contributed by atoms with Crippen molar-refractivity contribution < 1.29 is 0 Å². The Bertz CT molecular complexity index is 592. The predicted molar refractivity (Wildman–Crippen MR) is 79.3 cm³/mol. The number of nitrogen functional groups attached to an aromatic ring is 1. The molecular formula is C16H19N3. The van der Waals surface area contributed by atoms with Gasteiger partial charge < -0.3 is 11.1 Å². The van der Waals surface area contributed by atoms with Crippen molar-refractivity contribution in [3.8, 4) is 0 Å². The van der Waals surface area contributed by atoms with Crippen LogP contribution in [0.3, 0.4) is 0 Å². The van der Waals surface area contributed by atoms with Crippen LogP contribution < -0.4 is 11.1 Å². The number of aromatic nitrogens is 1. The minimum atomic E-state index is 0.423. The van der Waals surface area contributed by atoms with Crippen LogP contribution in [0.15, 0.2) is 36.4 Å². The van der Waals surface area contributed by atoms with Crippen molar-refractivity contribution >= 4 is 11.5 Å².